The van der Waals surface area contributed by atoms with Crippen LogP contribution in [0.15, 0.2) is 55.5 Å². The highest BCUT2D eigenvalue weighted by atomic mass is 14.9. The molecule has 0 radical (unpaired) electrons. The summed E-state index contributed by atoms with van der Waals surface area (Å²) < 4.78 is 0. The molecular weight excluding hydrogens is 226 g/mol. The minimum absolute atomic E-state index is 0.968. The molecule has 3 aromatic rings. The number of H-pyrrole nitrogens is 2. The summed E-state index contributed by atoms with van der Waals surface area (Å²) in [5, 5.41) is 0. The van der Waals surface area contributed by atoms with E-state index in [0.29, 0.717) is 0 Å². The van der Waals surface area contributed by atoms with E-state index in [-0.39, 0.29) is 0 Å². The zero-order chi connectivity index (χ0) is 13.1. The van der Waals surface area contributed by atoms with Gasteiger partial charge in [0, 0.05) is 36.7 Å². The van der Waals surface area contributed by atoms with Gasteiger partial charge in [0.1, 0.15) is 5.82 Å². The van der Waals surface area contributed by atoms with Crippen LogP contribution in [0.1, 0.15) is 11.5 Å². The van der Waals surface area contributed by atoms with E-state index in [1.54, 1.807) is 37.3 Å². The molecule has 5 heteroatoms. The molecule has 3 heterocycles. The summed E-state index contributed by atoms with van der Waals surface area (Å²) in [6, 6.07) is 5.72. The normalized spacial score (nSPS) is 8.56. The van der Waals surface area contributed by atoms with Gasteiger partial charge in [0.2, 0.25) is 0 Å². The molecule has 0 spiro atoms. The first-order valence-electron chi connectivity index (χ1n) is 5.55. The van der Waals surface area contributed by atoms with Crippen LogP contribution in [-0.2, 0) is 0 Å². The Kier molecular flexibility index (Phi) is 6.58. The number of hydrogen-bond donors (Lipinski definition) is 2. The molecule has 0 aliphatic rings. The second kappa shape index (κ2) is 8.69. The smallest absolute Gasteiger partial charge is 0.102 e. The zero-order valence-electron chi connectivity index (χ0n) is 10.5. The van der Waals surface area contributed by atoms with Crippen molar-refractivity contribution in [2.24, 2.45) is 0 Å². The summed E-state index contributed by atoms with van der Waals surface area (Å²) in [6.45, 7) is 3.88. The lowest BCUT2D eigenvalue weighted by atomic mass is 10.5. The minimum atomic E-state index is 0.968. The van der Waals surface area contributed by atoms with Gasteiger partial charge in [-0.2, -0.15) is 0 Å². The fraction of sp³-hybridized carbons (Fsp3) is 0.154. The van der Waals surface area contributed by atoms with Gasteiger partial charge in [0.25, 0.3) is 0 Å². The van der Waals surface area contributed by atoms with Crippen LogP contribution in [0.2, 0.25) is 0 Å². The van der Waals surface area contributed by atoms with Crippen molar-refractivity contribution in [3.8, 4) is 0 Å². The lowest BCUT2D eigenvalue weighted by molar-refractivity contribution is 1.15. The van der Waals surface area contributed by atoms with Gasteiger partial charge in [0.05, 0.1) is 6.33 Å². The SMILES string of the molecule is Cc1cnc[nH]1.Cc1ncc[nH]1.c1ccncc1. The number of rotatable bonds is 0. The number of hydrogen-bond acceptors (Lipinski definition) is 3. The van der Waals surface area contributed by atoms with Crippen LogP contribution in [0.3, 0.4) is 0 Å². The van der Waals surface area contributed by atoms with Crippen LogP contribution in [0.5, 0.6) is 0 Å². The van der Waals surface area contributed by atoms with Gasteiger partial charge in [-0.3, -0.25) is 4.98 Å². The van der Waals surface area contributed by atoms with Crippen molar-refractivity contribution >= 4 is 0 Å². The Hall–Kier alpha value is -2.43. The lowest BCUT2D eigenvalue weighted by Gasteiger charge is -1.70. The summed E-state index contributed by atoms with van der Waals surface area (Å²) in [6.07, 6.45) is 10.5. The second-order valence-electron chi connectivity index (χ2n) is 3.43. The van der Waals surface area contributed by atoms with E-state index >= 15 is 0 Å². The van der Waals surface area contributed by atoms with Crippen molar-refractivity contribution in [2.75, 3.05) is 0 Å². The first-order chi connectivity index (χ1) is 8.79. The fourth-order valence-corrected chi connectivity index (χ4v) is 0.982. The number of pyridine rings is 1. The van der Waals surface area contributed by atoms with E-state index in [1.165, 1.54) is 0 Å². The molecule has 5 nitrogen and oxygen atoms in total. The quantitative estimate of drug-likeness (QED) is 0.637. The summed E-state index contributed by atoms with van der Waals surface area (Å²) in [7, 11) is 0. The number of imidazole rings is 2. The predicted molar refractivity (Wildman–Crippen MR) is 70.9 cm³/mol. The third-order valence-corrected chi connectivity index (χ3v) is 1.84. The van der Waals surface area contributed by atoms with E-state index in [1.807, 2.05) is 32.0 Å². The van der Waals surface area contributed by atoms with Gasteiger partial charge in [-0.05, 0) is 26.0 Å². The highest BCUT2D eigenvalue weighted by Crippen LogP contribution is 1.81. The summed E-state index contributed by atoms with van der Waals surface area (Å²) in [5.41, 5.74) is 1.11. The van der Waals surface area contributed by atoms with Crippen LogP contribution in [-0.4, -0.2) is 24.9 Å². The summed E-state index contributed by atoms with van der Waals surface area (Å²) >= 11 is 0. The van der Waals surface area contributed by atoms with Crippen molar-refractivity contribution in [3.05, 3.63) is 67.0 Å². The monoisotopic (exact) mass is 243 g/mol. The maximum Gasteiger partial charge on any atom is 0.102 e. The average molecular weight is 243 g/mol. The van der Waals surface area contributed by atoms with Gasteiger partial charge in [-0.25, -0.2) is 9.97 Å². The van der Waals surface area contributed by atoms with E-state index in [2.05, 4.69) is 24.9 Å². The number of nitrogens with one attached hydrogen (secondary N) is 2. The maximum atomic E-state index is 3.86. The number of nitrogens with zero attached hydrogens (tertiary/aromatic N) is 3. The highest BCUT2D eigenvalue weighted by molar-refractivity contribution is 4.88. The number of aryl methyl sites for hydroxylation is 2. The largest absolute Gasteiger partial charge is 0.349 e. The van der Waals surface area contributed by atoms with Crippen molar-refractivity contribution in [2.45, 2.75) is 13.8 Å². The molecule has 0 aliphatic heterocycles. The standard InChI is InChI=1S/C5H5N.2C4H6N2/c1-2-4-6-5-3-1;1-4-2-5-3-6-4;1-4-5-2-3-6-4/h1-5H;2*2-3H,1H3,(H,5,6). The Morgan fingerprint density at radius 3 is 1.83 bits per heavy atom. The van der Waals surface area contributed by atoms with Crippen LogP contribution >= 0.6 is 0 Å². The zero-order valence-corrected chi connectivity index (χ0v) is 10.5. The van der Waals surface area contributed by atoms with E-state index < -0.39 is 0 Å². The van der Waals surface area contributed by atoms with Gasteiger partial charge >= 0.3 is 0 Å². The van der Waals surface area contributed by atoms with Gasteiger partial charge < -0.3 is 9.97 Å². The molecule has 2 N–H and O–H groups in total. The fourth-order valence-electron chi connectivity index (χ4n) is 0.982. The van der Waals surface area contributed by atoms with E-state index in [4.69, 9.17) is 0 Å². The third-order valence-electron chi connectivity index (χ3n) is 1.84. The van der Waals surface area contributed by atoms with Gasteiger partial charge in [-0.15, -0.1) is 0 Å². The molecule has 94 valence electrons. The molecular formula is C13H17N5. The first kappa shape index (κ1) is 13.6. The Morgan fingerprint density at radius 1 is 0.889 bits per heavy atom. The molecule has 0 aliphatic carbocycles. The molecule has 0 amide bonds. The Labute approximate surface area is 106 Å². The molecule has 0 unspecified atom stereocenters. The van der Waals surface area contributed by atoms with Crippen LogP contribution in [0, 0.1) is 13.8 Å². The molecule has 3 aromatic heterocycles. The first-order valence-corrected chi connectivity index (χ1v) is 5.55. The number of aromatic nitrogens is 5. The second-order valence-corrected chi connectivity index (χ2v) is 3.43. The molecule has 0 atom stereocenters. The van der Waals surface area contributed by atoms with Gasteiger partial charge in [0.15, 0.2) is 0 Å². The van der Waals surface area contributed by atoms with Crippen molar-refractivity contribution in [1.82, 2.24) is 24.9 Å². The van der Waals surface area contributed by atoms with Crippen LogP contribution in [0.4, 0.5) is 0 Å². The molecule has 18 heavy (non-hydrogen) atoms. The molecule has 0 saturated carbocycles. The minimum Gasteiger partial charge on any atom is -0.349 e. The third kappa shape index (κ3) is 6.95. The van der Waals surface area contributed by atoms with Crippen LogP contribution in [0.25, 0.3) is 0 Å². The Bertz CT molecular complexity index is 414. The Morgan fingerprint density at radius 2 is 1.67 bits per heavy atom. The summed E-state index contributed by atoms with van der Waals surface area (Å²) in [4.78, 5) is 17.2. The van der Waals surface area contributed by atoms with E-state index in [0.717, 1.165) is 11.5 Å². The van der Waals surface area contributed by atoms with Crippen molar-refractivity contribution in [3.63, 3.8) is 0 Å². The topological polar surface area (TPSA) is 70.2 Å². The molecule has 0 saturated heterocycles. The Balaban J connectivity index is 0.000000135. The number of aromatic amines is 2. The highest BCUT2D eigenvalue weighted by Gasteiger charge is 1.74. The summed E-state index contributed by atoms with van der Waals surface area (Å²) in [5.74, 6) is 0.968. The molecule has 3 rings (SSSR count). The van der Waals surface area contributed by atoms with Crippen molar-refractivity contribution < 1.29 is 0 Å². The molecule has 0 bridgehead atoms. The average Bonchev–Trinajstić information content (AvgIpc) is 3.07. The molecule has 0 aromatic carbocycles. The lowest BCUT2D eigenvalue weighted by Crippen LogP contribution is -1.66. The van der Waals surface area contributed by atoms with Crippen molar-refractivity contribution in [1.29, 1.82) is 0 Å². The van der Waals surface area contributed by atoms with E-state index in [9.17, 15) is 0 Å². The predicted octanol–water partition coefficient (Wildman–Crippen LogP) is 2.52. The maximum absolute atomic E-state index is 3.86. The van der Waals surface area contributed by atoms with Gasteiger partial charge in [-0.1, -0.05) is 6.07 Å². The molecule has 0 fully saturated rings. The van der Waals surface area contributed by atoms with Crippen LogP contribution < -0.4 is 0 Å².